The first-order valence-corrected chi connectivity index (χ1v) is 14.7. The van der Waals surface area contributed by atoms with Crippen LogP contribution < -0.4 is 9.47 Å². The van der Waals surface area contributed by atoms with E-state index in [0.717, 1.165) is 12.8 Å². The Morgan fingerprint density at radius 1 is 1.07 bits per heavy atom. The van der Waals surface area contributed by atoms with Crippen LogP contribution in [0.2, 0.25) is 15.1 Å². The minimum Gasteiger partial charge on any atom is -0.489 e. The summed E-state index contributed by atoms with van der Waals surface area (Å²) in [5.74, 6) is 0.587. The van der Waals surface area contributed by atoms with Crippen LogP contribution in [0.5, 0.6) is 11.6 Å². The van der Waals surface area contributed by atoms with E-state index in [1.54, 1.807) is 24.3 Å². The molecule has 8 nitrogen and oxygen atoms in total. The van der Waals surface area contributed by atoms with Gasteiger partial charge in [0.15, 0.2) is 0 Å². The number of carbonyl (C=O) groups is 1. The fraction of sp³-hybridized carbons (Fsp3) is 0.323. The lowest BCUT2D eigenvalue weighted by molar-refractivity contribution is -0.0554. The third-order valence-corrected chi connectivity index (χ3v) is 8.85. The standard InChI is InChI=1S/C31H26Cl3FN2O6/c1-40-29-20(7-16(13-36-29)30(38)41-2)17-11-31(39,12-17)22-6-5-19(10-23(22)32)42-14-21-27(37-43-28(21)15-3-4-15)26-24(33)8-18(35)9-25(26)34/h5-10,13,15,17,39H,3-4,11-12,14H2,1-2H3. The van der Waals surface area contributed by atoms with Crippen LogP contribution in [0.15, 0.2) is 47.1 Å². The lowest BCUT2D eigenvalue weighted by Crippen LogP contribution is -2.40. The monoisotopic (exact) mass is 646 g/mol. The summed E-state index contributed by atoms with van der Waals surface area (Å²) < 4.78 is 35.8. The van der Waals surface area contributed by atoms with Gasteiger partial charge in [-0.25, -0.2) is 14.2 Å². The fourth-order valence-electron chi connectivity index (χ4n) is 5.57. The molecule has 0 amide bonds. The molecule has 43 heavy (non-hydrogen) atoms. The van der Waals surface area contributed by atoms with Crippen LogP contribution in [0.4, 0.5) is 4.39 Å². The Hall–Kier alpha value is -3.37. The van der Waals surface area contributed by atoms with E-state index in [-0.39, 0.29) is 28.5 Å². The molecule has 2 aromatic carbocycles. The molecule has 0 atom stereocenters. The van der Waals surface area contributed by atoms with Crippen molar-refractivity contribution in [2.45, 2.75) is 49.7 Å². The number of nitrogens with zero attached hydrogens (tertiary/aromatic N) is 2. The summed E-state index contributed by atoms with van der Waals surface area (Å²) in [4.78, 5) is 16.3. The molecule has 0 spiro atoms. The highest BCUT2D eigenvalue weighted by Crippen LogP contribution is 2.54. The summed E-state index contributed by atoms with van der Waals surface area (Å²) >= 11 is 19.3. The molecule has 2 heterocycles. The Balaban J connectivity index is 1.20. The molecule has 2 aliphatic rings. The number of hydrogen-bond acceptors (Lipinski definition) is 8. The van der Waals surface area contributed by atoms with Crippen LogP contribution >= 0.6 is 34.8 Å². The first kappa shape index (κ1) is 29.7. The largest absolute Gasteiger partial charge is 0.489 e. The molecule has 0 aliphatic heterocycles. The van der Waals surface area contributed by atoms with Gasteiger partial charge in [0.25, 0.3) is 0 Å². The molecule has 0 saturated heterocycles. The van der Waals surface area contributed by atoms with Crippen molar-refractivity contribution >= 4 is 40.8 Å². The molecular formula is C31H26Cl3FN2O6. The first-order valence-electron chi connectivity index (χ1n) is 13.5. The normalized spacial score (nSPS) is 19.6. The maximum Gasteiger partial charge on any atom is 0.339 e. The molecule has 2 aromatic heterocycles. The molecule has 224 valence electrons. The lowest BCUT2D eigenvalue weighted by atomic mass is 9.65. The second kappa shape index (κ2) is 11.6. The van der Waals surface area contributed by atoms with Crippen molar-refractivity contribution in [3.05, 3.63) is 91.5 Å². The van der Waals surface area contributed by atoms with E-state index in [2.05, 4.69) is 10.1 Å². The topological polar surface area (TPSA) is 104 Å². The van der Waals surface area contributed by atoms with Crippen molar-refractivity contribution in [2.24, 2.45) is 0 Å². The minimum atomic E-state index is -1.19. The molecule has 6 rings (SSSR count). The quantitative estimate of drug-likeness (QED) is 0.183. The number of hydrogen-bond donors (Lipinski definition) is 1. The zero-order chi connectivity index (χ0) is 30.5. The molecule has 0 unspecified atom stereocenters. The maximum absolute atomic E-state index is 13.8. The first-order chi connectivity index (χ1) is 20.6. The predicted octanol–water partition coefficient (Wildman–Crippen LogP) is 7.85. The second-order valence-corrected chi connectivity index (χ2v) is 12.0. The van der Waals surface area contributed by atoms with Gasteiger partial charge in [0.1, 0.15) is 29.6 Å². The number of ether oxygens (including phenoxy) is 3. The highest BCUT2D eigenvalue weighted by Gasteiger charge is 2.47. The number of pyridine rings is 1. The third kappa shape index (κ3) is 5.67. The molecule has 0 radical (unpaired) electrons. The Morgan fingerprint density at radius 3 is 2.42 bits per heavy atom. The summed E-state index contributed by atoms with van der Waals surface area (Å²) in [5, 5.41) is 16.2. The number of esters is 1. The van der Waals surface area contributed by atoms with E-state index >= 15 is 0 Å². The van der Waals surface area contributed by atoms with Gasteiger partial charge >= 0.3 is 5.97 Å². The van der Waals surface area contributed by atoms with Crippen molar-refractivity contribution in [3.8, 4) is 22.9 Å². The summed E-state index contributed by atoms with van der Waals surface area (Å²) in [5.41, 5.74) is 1.83. The molecule has 2 aliphatic carbocycles. The molecule has 0 bridgehead atoms. The van der Waals surface area contributed by atoms with E-state index in [9.17, 15) is 14.3 Å². The van der Waals surface area contributed by atoms with Crippen molar-refractivity contribution in [1.82, 2.24) is 10.1 Å². The summed E-state index contributed by atoms with van der Waals surface area (Å²) in [6.07, 6.45) is 4.02. The minimum absolute atomic E-state index is 0.0834. The third-order valence-electron chi connectivity index (χ3n) is 7.94. The van der Waals surface area contributed by atoms with Gasteiger partial charge in [0.05, 0.1) is 46.0 Å². The SMILES string of the molecule is COC(=O)c1cnc(OC)c(C2CC(O)(c3ccc(OCc4c(-c5c(Cl)cc(F)cc5Cl)noc4C4CC4)cc3Cl)C2)c1. The van der Waals surface area contributed by atoms with Crippen LogP contribution in [0.3, 0.4) is 0 Å². The van der Waals surface area contributed by atoms with Gasteiger partial charge in [0, 0.05) is 28.8 Å². The Morgan fingerprint density at radius 2 is 1.79 bits per heavy atom. The maximum atomic E-state index is 13.8. The number of benzene rings is 2. The Kier molecular flexibility index (Phi) is 8.02. The summed E-state index contributed by atoms with van der Waals surface area (Å²) in [6.45, 7) is 0.0834. The number of aliphatic hydroxyl groups is 1. The molecule has 4 aromatic rings. The van der Waals surface area contributed by atoms with E-state index < -0.39 is 17.4 Å². The molecule has 2 saturated carbocycles. The summed E-state index contributed by atoms with van der Waals surface area (Å²) in [6, 6.07) is 9.14. The number of aromatic nitrogens is 2. The Bertz CT molecular complexity index is 1690. The van der Waals surface area contributed by atoms with Crippen molar-refractivity contribution < 1.29 is 33.0 Å². The van der Waals surface area contributed by atoms with E-state index in [0.29, 0.717) is 68.8 Å². The van der Waals surface area contributed by atoms with Crippen LogP contribution in [0.25, 0.3) is 11.3 Å². The van der Waals surface area contributed by atoms with Gasteiger partial charge < -0.3 is 23.8 Å². The highest BCUT2D eigenvalue weighted by molar-refractivity contribution is 6.39. The number of carbonyl (C=O) groups excluding carboxylic acids is 1. The second-order valence-electron chi connectivity index (χ2n) is 10.8. The van der Waals surface area contributed by atoms with Crippen LogP contribution in [-0.2, 0) is 16.9 Å². The van der Waals surface area contributed by atoms with Crippen LogP contribution in [-0.4, -0.2) is 35.4 Å². The zero-order valence-corrected chi connectivity index (χ0v) is 25.4. The smallest absolute Gasteiger partial charge is 0.339 e. The number of halogens is 4. The van der Waals surface area contributed by atoms with Gasteiger partial charge in [0.2, 0.25) is 5.88 Å². The van der Waals surface area contributed by atoms with Gasteiger partial charge in [-0.2, -0.15) is 0 Å². The predicted molar refractivity (Wildman–Crippen MR) is 158 cm³/mol. The van der Waals surface area contributed by atoms with Crippen LogP contribution in [0, 0.1) is 5.82 Å². The van der Waals surface area contributed by atoms with Gasteiger partial charge in [-0.1, -0.05) is 46.0 Å². The van der Waals surface area contributed by atoms with Gasteiger partial charge in [-0.15, -0.1) is 0 Å². The van der Waals surface area contributed by atoms with Gasteiger partial charge in [-0.3, -0.25) is 0 Å². The average Bonchev–Trinajstić information content (AvgIpc) is 3.73. The van der Waals surface area contributed by atoms with E-state index in [1.807, 2.05) is 0 Å². The lowest BCUT2D eigenvalue weighted by Gasteiger charge is -2.44. The molecule has 2 fully saturated rings. The van der Waals surface area contributed by atoms with Crippen molar-refractivity contribution in [1.29, 1.82) is 0 Å². The zero-order valence-electron chi connectivity index (χ0n) is 23.1. The van der Waals surface area contributed by atoms with Crippen LogP contribution in [0.1, 0.15) is 70.3 Å². The van der Waals surface area contributed by atoms with E-state index in [1.165, 1.54) is 32.5 Å². The number of methoxy groups -OCH3 is 2. The number of rotatable bonds is 9. The van der Waals surface area contributed by atoms with Crippen molar-refractivity contribution in [3.63, 3.8) is 0 Å². The molecule has 1 N–H and O–H groups in total. The van der Waals surface area contributed by atoms with Crippen molar-refractivity contribution in [2.75, 3.05) is 14.2 Å². The molecular weight excluding hydrogens is 622 g/mol. The van der Waals surface area contributed by atoms with E-state index in [4.69, 9.17) is 53.5 Å². The average molecular weight is 648 g/mol. The fourth-order valence-corrected chi connectivity index (χ4v) is 6.55. The Labute approximate surface area is 261 Å². The summed E-state index contributed by atoms with van der Waals surface area (Å²) in [7, 11) is 2.81. The van der Waals surface area contributed by atoms with Gasteiger partial charge in [-0.05, 0) is 61.9 Å². The molecule has 12 heteroatoms. The highest BCUT2D eigenvalue weighted by atomic mass is 35.5.